The second-order valence-electron chi connectivity index (χ2n) is 14.5. The molecule has 1 aliphatic carbocycles. The minimum absolute atomic E-state index is 0.0332. The van der Waals surface area contributed by atoms with Gasteiger partial charge in [-0.2, -0.15) is 0 Å². The highest BCUT2D eigenvalue weighted by Gasteiger charge is 2.31. The highest BCUT2D eigenvalue weighted by Crippen LogP contribution is 2.34. The van der Waals surface area contributed by atoms with Crippen LogP contribution in [0.1, 0.15) is 156 Å². The molecule has 0 radical (unpaired) electrons. The van der Waals surface area contributed by atoms with Gasteiger partial charge in [-0.3, -0.25) is 23.6 Å². The van der Waals surface area contributed by atoms with E-state index in [1.54, 1.807) is 13.2 Å². The molecule has 1 aliphatic heterocycles. The van der Waals surface area contributed by atoms with Gasteiger partial charge in [0, 0.05) is 19.5 Å². The average molecular weight is 764 g/mol. The monoisotopic (exact) mass is 763 g/mol. The molecular weight excluding hydrogens is 698 g/mol. The van der Waals surface area contributed by atoms with Crippen molar-refractivity contribution in [3.63, 3.8) is 0 Å². The van der Waals surface area contributed by atoms with E-state index in [1.165, 1.54) is 83.3 Å². The molecule has 2 fully saturated rings. The molecule has 11 nitrogen and oxygen atoms in total. The zero-order valence-electron chi connectivity index (χ0n) is 32.3. The number of nitrogens with zero attached hydrogens (tertiary/aromatic N) is 2. The number of carbonyl (C=O) groups excluding carboxylic acids is 2. The molecule has 53 heavy (non-hydrogen) atoms. The molecule has 13 heteroatoms. The number of rotatable bonds is 23. The summed E-state index contributed by atoms with van der Waals surface area (Å²) in [5.41, 5.74) is 7.55. The number of aryl methyl sites for hydroxylation is 1. The van der Waals surface area contributed by atoms with Crippen molar-refractivity contribution in [3.05, 3.63) is 47.2 Å². The van der Waals surface area contributed by atoms with Crippen LogP contribution in [0.3, 0.4) is 0 Å². The van der Waals surface area contributed by atoms with E-state index in [4.69, 9.17) is 14.9 Å². The predicted octanol–water partition coefficient (Wildman–Crippen LogP) is 7.54. The number of alkyl halides is 1. The molecule has 1 saturated carbocycles. The molecule has 2 aliphatic rings. The first-order valence-electron chi connectivity index (χ1n) is 20.1. The number of hydrogen-bond acceptors (Lipinski definition) is 9. The van der Waals surface area contributed by atoms with Gasteiger partial charge in [-0.1, -0.05) is 90.0 Å². The number of nitrogens with one attached hydrogen (secondary N) is 2. The van der Waals surface area contributed by atoms with E-state index in [-0.39, 0.29) is 30.5 Å². The fourth-order valence-corrected chi connectivity index (χ4v) is 8.24. The molecular formula is C40H66FN5O6S. The second kappa shape index (κ2) is 25.1. The zero-order chi connectivity index (χ0) is 38.3. The molecule has 0 spiro atoms. The summed E-state index contributed by atoms with van der Waals surface area (Å²) in [4.78, 5) is 31.7. The van der Waals surface area contributed by atoms with Crippen LogP contribution in [-0.2, 0) is 27.8 Å². The van der Waals surface area contributed by atoms with Crippen molar-refractivity contribution in [1.29, 1.82) is 0 Å². The predicted molar refractivity (Wildman–Crippen MR) is 208 cm³/mol. The Bertz CT molecular complexity index is 1450. The Morgan fingerprint density at radius 1 is 1.00 bits per heavy atom. The fourth-order valence-electron chi connectivity index (χ4n) is 7.20. The van der Waals surface area contributed by atoms with Gasteiger partial charge >= 0.3 is 0 Å². The van der Waals surface area contributed by atoms with Gasteiger partial charge in [0.15, 0.2) is 5.69 Å². The molecule has 1 saturated heterocycles. The number of halogens is 1. The van der Waals surface area contributed by atoms with E-state index in [2.05, 4.69) is 22.1 Å². The third kappa shape index (κ3) is 16.9. The summed E-state index contributed by atoms with van der Waals surface area (Å²) in [7, 11) is -2.27. The summed E-state index contributed by atoms with van der Waals surface area (Å²) in [6.07, 6.45) is 21.7. The number of nitrogens with two attached hydrogens (primary N) is 1. The van der Waals surface area contributed by atoms with Crippen LogP contribution >= 0.6 is 0 Å². The minimum Gasteiger partial charge on any atom is -0.497 e. The topological polar surface area (TPSA) is 157 Å². The van der Waals surface area contributed by atoms with E-state index < -0.39 is 28.4 Å². The smallest absolute Gasteiger partial charge is 0.273 e. The number of oxazole rings is 1. The molecule has 1 aromatic heterocycles. The van der Waals surface area contributed by atoms with E-state index >= 15 is 0 Å². The third-order valence-electron chi connectivity index (χ3n) is 10.2. The highest BCUT2D eigenvalue weighted by atomic mass is 32.2. The van der Waals surface area contributed by atoms with Crippen molar-refractivity contribution in [2.24, 2.45) is 11.7 Å². The molecule has 1 unspecified atom stereocenters. The first-order chi connectivity index (χ1) is 25.7. The molecule has 2 heterocycles. The molecule has 2 aromatic rings. The van der Waals surface area contributed by atoms with Gasteiger partial charge < -0.3 is 20.2 Å². The molecule has 0 bridgehead atoms. The van der Waals surface area contributed by atoms with E-state index in [0.717, 1.165) is 55.8 Å². The van der Waals surface area contributed by atoms with Gasteiger partial charge in [-0.25, -0.2) is 13.4 Å². The number of likely N-dealkylation sites (tertiary alicyclic amines) is 1. The lowest BCUT2D eigenvalue weighted by Gasteiger charge is -2.23. The lowest BCUT2D eigenvalue weighted by atomic mass is 9.86. The number of hydrogen-bond donors (Lipinski definition) is 3. The molecule has 1 aromatic carbocycles. The summed E-state index contributed by atoms with van der Waals surface area (Å²) < 4.78 is 49.5. The van der Waals surface area contributed by atoms with Crippen LogP contribution in [0.2, 0.25) is 0 Å². The Labute approximate surface area is 317 Å². The standard InChI is InChI=1S/C30H45FN4O6S.C10H21N/c1-3-4-5-6-7-8-17-32-29(37)26-22-41-30(33-26)27-11-9-18-35(27)21-24-20-25(40-2)14-12-23(24)13-15-28(36)34-42(38,39)19-10-16-31;11-9-5-4-8-10-6-2-1-3-7-10/h12,14,20,22,27H,3-11,13,15-19,21H2,1-2H3,(H,32,37)(H,34,36);10H,1-9,11H2. The van der Waals surface area contributed by atoms with Crippen LogP contribution in [0.5, 0.6) is 5.75 Å². The Balaban J connectivity index is 0.000000586. The number of benzene rings is 1. The van der Waals surface area contributed by atoms with Crippen LogP contribution in [0.4, 0.5) is 4.39 Å². The number of unbranched alkanes of at least 4 members (excludes halogenated alkanes) is 6. The maximum absolute atomic E-state index is 12.6. The number of sulfonamides is 1. The molecule has 1 atom stereocenters. The van der Waals surface area contributed by atoms with E-state index in [0.29, 0.717) is 31.2 Å². The van der Waals surface area contributed by atoms with Crippen molar-refractivity contribution >= 4 is 21.8 Å². The fraction of sp³-hybridized carbons (Fsp3) is 0.725. The zero-order valence-corrected chi connectivity index (χ0v) is 33.2. The highest BCUT2D eigenvalue weighted by molar-refractivity contribution is 7.90. The minimum atomic E-state index is -3.85. The summed E-state index contributed by atoms with van der Waals surface area (Å²) in [6, 6.07) is 5.49. The molecule has 300 valence electrons. The van der Waals surface area contributed by atoms with Crippen molar-refractivity contribution in [1.82, 2.24) is 19.9 Å². The van der Waals surface area contributed by atoms with Gasteiger partial charge in [-0.05, 0) is 80.8 Å². The van der Waals surface area contributed by atoms with Gasteiger partial charge in [0.1, 0.15) is 12.0 Å². The second-order valence-corrected chi connectivity index (χ2v) is 16.4. The first-order valence-corrected chi connectivity index (χ1v) is 21.8. The molecule has 4 N–H and O–H groups in total. The van der Waals surface area contributed by atoms with E-state index in [1.807, 2.05) is 16.9 Å². The van der Waals surface area contributed by atoms with Crippen molar-refractivity contribution in [3.8, 4) is 5.75 Å². The van der Waals surface area contributed by atoms with Gasteiger partial charge in [0.25, 0.3) is 5.91 Å². The Morgan fingerprint density at radius 2 is 1.77 bits per heavy atom. The van der Waals surface area contributed by atoms with Gasteiger partial charge in [-0.15, -0.1) is 0 Å². The van der Waals surface area contributed by atoms with E-state index in [9.17, 15) is 22.4 Å². The van der Waals surface area contributed by atoms with Crippen molar-refractivity contribution in [2.45, 2.75) is 142 Å². The number of ether oxygens (including phenoxy) is 1. The third-order valence-corrected chi connectivity index (χ3v) is 11.6. The maximum Gasteiger partial charge on any atom is 0.273 e. The summed E-state index contributed by atoms with van der Waals surface area (Å²) in [5, 5.41) is 2.94. The van der Waals surface area contributed by atoms with Crippen LogP contribution in [-0.4, -0.2) is 69.3 Å². The summed E-state index contributed by atoms with van der Waals surface area (Å²) >= 11 is 0. The van der Waals surface area contributed by atoms with Crippen LogP contribution in [0.25, 0.3) is 0 Å². The number of carbonyl (C=O) groups is 2. The number of methoxy groups -OCH3 is 1. The summed E-state index contributed by atoms with van der Waals surface area (Å²) in [6.45, 7) is 4.26. The Kier molecular flexibility index (Phi) is 21.0. The maximum atomic E-state index is 12.6. The first kappa shape index (κ1) is 44.4. The lowest BCUT2D eigenvalue weighted by molar-refractivity contribution is -0.119. The normalized spacial score (nSPS) is 16.6. The van der Waals surface area contributed by atoms with Crippen molar-refractivity contribution < 1.29 is 31.6 Å². The Morgan fingerprint density at radius 3 is 2.51 bits per heavy atom. The average Bonchev–Trinajstić information content (AvgIpc) is 3.84. The SMILES string of the molecule is CCCCCCCCNC(=O)c1coc(C2CCCN2Cc2cc(OC)ccc2CCC(=O)NS(=O)(=O)CCCF)n1.NCCCCC1CCCCC1. The largest absolute Gasteiger partial charge is 0.497 e. The molecule has 4 rings (SSSR count). The van der Waals surface area contributed by atoms with Crippen LogP contribution in [0.15, 0.2) is 28.9 Å². The van der Waals surface area contributed by atoms with Crippen LogP contribution in [0, 0.1) is 5.92 Å². The quantitative estimate of drug-likeness (QED) is 0.0973. The van der Waals surface area contributed by atoms with Crippen molar-refractivity contribution in [2.75, 3.05) is 39.2 Å². The summed E-state index contributed by atoms with van der Waals surface area (Å²) in [5.74, 6) is 0.931. The van der Waals surface area contributed by atoms with Gasteiger partial charge in [0.05, 0.1) is 25.6 Å². The molecule has 2 amide bonds. The number of amides is 2. The lowest BCUT2D eigenvalue weighted by Crippen LogP contribution is -2.33. The number of aromatic nitrogens is 1. The van der Waals surface area contributed by atoms with Gasteiger partial charge in [0.2, 0.25) is 21.8 Å². The van der Waals surface area contributed by atoms with Crippen LogP contribution < -0.4 is 20.5 Å². The Hall–Kier alpha value is -3.03.